The molecule has 0 N–H and O–H groups in total. The Hall–Kier alpha value is -1.18. The van der Waals surface area contributed by atoms with Gasteiger partial charge in [-0.25, -0.2) is 4.39 Å². The number of hydrogen-bond acceptors (Lipinski definition) is 1. The van der Waals surface area contributed by atoms with Crippen molar-refractivity contribution in [1.82, 2.24) is 0 Å². The molecule has 0 heterocycles. The van der Waals surface area contributed by atoms with Crippen molar-refractivity contribution in [3.63, 3.8) is 0 Å². The lowest BCUT2D eigenvalue weighted by molar-refractivity contribution is -0.118. The molecule has 2 heteroatoms. The molecule has 1 rings (SSSR count). The average molecular weight is 180 g/mol. The maximum atomic E-state index is 12.9. The van der Waals surface area contributed by atoms with E-state index in [0.29, 0.717) is 12.8 Å². The summed E-state index contributed by atoms with van der Waals surface area (Å²) in [7, 11) is 0. The first-order valence-electron chi connectivity index (χ1n) is 4.39. The van der Waals surface area contributed by atoms with E-state index >= 15 is 0 Å². The van der Waals surface area contributed by atoms with Gasteiger partial charge >= 0.3 is 0 Å². The highest BCUT2D eigenvalue weighted by Gasteiger charge is 2.02. The van der Waals surface area contributed by atoms with Crippen molar-refractivity contribution in [3.8, 4) is 0 Å². The summed E-state index contributed by atoms with van der Waals surface area (Å²) in [4.78, 5) is 11.1. The van der Waals surface area contributed by atoms with E-state index in [4.69, 9.17) is 0 Å². The standard InChI is InChI=1S/C11H13FO/c1-3-11(13)7-9-4-8(2)5-10(12)6-9/h4-6H,3,7H2,1-2H3. The van der Waals surface area contributed by atoms with Crippen LogP contribution in [-0.2, 0) is 11.2 Å². The van der Waals surface area contributed by atoms with Crippen molar-refractivity contribution in [2.24, 2.45) is 0 Å². The van der Waals surface area contributed by atoms with Gasteiger partial charge < -0.3 is 0 Å². The third-order valence-electron chi connectivity index (χ3n) is 1.90. The fourth-order valence-electron chi connectivity index (χ4n) is 1.27. The minimum absolute atomic E-state index is 0.144. The summed E-state index contributed by atoms with van der Waals surface area (Å²) in [5, 5.41) is 0. The smallest absolute Gasteiger partial charge is 0.136 e. The SMILES string of the molecule is CCC(=O)Cc1cc(C)cc(F)c1. The Labute approximate surface area is 77.6 Å². The van der Waals surface area contributed by atoms with E-state index in [9.17, 15) is 9.18 Å². The molecule has 1 aromatic rings. The lowest BCUT2D eigenvalue weighted by Gasteiger charge is -2.01. The Morgan fingerprint density at radius 3 is 2.62 bits per heavy atom. The minimum atomic E-state index is -0.265. The molecule has 0 radical (unpaired) electrons. The van der Waals surface area contributed by atoms with E-state index in [1.807, 2.05) is 19.9 Å². The molecule has 1 nitrogen and oxygen atoms in total. The molecule has 0 aromatic heterocycles. The molecule has 0 atom stereocenters. The van der Waals surface area contributed by atoms with Gasteiger partial charge in [0.2, 0.25) is 0 Å². The van der Waals surface area contributed by atoms with Crippen LogP contribution in [-0.4, -0.2) is 5.78 Å². The first-order chi connectivity index (χ1) is 6.11. The number of rotatable bonds is 3. The van der Waals surface area contributed by atoms with Gasteiger partial charge in [-0.2, -0.15) is 0 Å². The summed E-state index contributed by atoms with van der Waals surface area (Å²) in [6.45, 7) is 3.64. The summed E-state index contributed by atoms with van der Waals surface area (Å²) < 4.78 is 12.9. The number of aryl methyl sites for hydroxylation is 1. The third-order valence-corrected chi connectivity index (χ3v) is 1.90. The highest BCUT2D eigenvalue weighted by molar-refractivity contribution is 5.80. The van der Waals surface area contributed by atoms with Crippen LogP contribution in [0.25, 0.3) is 0 Å². The fraction of sp³-hybridized carbons (Fsp3) is 0.364. The quantitative estimate of drug-likeness (QED) is 0.698. The van der Waals surface area contributed by atoms with E-state index < -0.39 is 0 Å². The predicted molar refractivity (Wildman–Crippen MR) is 50.1 cm³/mol. The summed E-state index contributed by atoms with van der Waals surface area (Å²) >= 11 is 0. The number of hydrogen-bond donors (Lipinski definition) is 0. The van der Waals surface area contributed by atoms with E-state index in [1.54, 1.807) is 0 Å². The van der Waals surface area contributed by atoms with Crippen LogP contribution < -0.4 is 0 Å². The topological polar surface area (TPSA) is 17.1 Å². The Kier molecular flexibility index (Phi) is 3.18. The second-order valence-electron chi connectivity index (χ2n) is 3.21. The molecule has 0 unspecified atom stereocenters. The van der Waals surface area contributed by atoms with Gasteiger partial charge in [-0.05, 0) is 30.2 Å². The van der Waals surface area contributed by atoms with Gasteiger partial charge in [0, 0.05) is 12.8 Å². The molecule has 70 valence electrons. The van der Waals surface area contributed by atoms with Crippen molar-refractivity contribution in [1.29, 1.82) is 0 Å². The lowest BCUT2D eigenvalue weighted by atomic mass is 10.1. The molecular formula is C11H13FO. The van der Waals surface area contributed by atoms with Crippen molar-refractivity contribution in [2.75, 3.05) is 0 Å². The molecule has 0 aliphatic rings. The van der Waals surface area contributed by atoms with E-state index in [0.717, 1.165) is 11.1 Å². The maximum Gasteiger partial charge on any atom is 0.136 e. The first-order valence-corrected chi connectivity index (χ1v) is 4.39. The summed E-state index contributed by atoms with van der Waals surface area (Å²) in [5.74, 6) is -0.121. The summed E-state index contributed by atoms with van der Waals surface area (Å²) in [6.07, 6.45) is 0.852. The Balaban J connectivity index is 2.83. The zero-order chi connectivity index (χ0) is 9.84. The molecular weight excluding hydrogens is 167 g/mol. The molecule has 0 aliphatic carbocycles. The predicted octanol–water partition coefficient (Wildman–Crippen LogP) is 2.66. The van der Waals surface area contributed by atoms with E-state index in [2.05, 4.69) is 0 Å². The number of benzene rings is 1. The number of carbonyl (C=O) groups is 1. The number of ketones is 1. The van der Waals surface area contributed by atoms with Gasteiger partial charge in [0.25, 0.3) is 0 Å². The zero-order valence-electron chi connectivity index (χ0n) is 7.93. The second-order valence-corrected chi connectivity index (χ2v) is 3.21. The number of carbonyl (C=O) groups excluding carboxylic acids is 1. The minimum Gasteiger partial charge on any atom is -0.299 e. The van der Waals surface area contributed by atoms with Crippen LogP contribution in [0, 0.1) is 12.7 Å². The Morgan fingerprint density at radius 2 is 2.08 bits per heavy atom. The molecule has 0 saturated carbocycles. The van der Waals surface area contributed by atoms with Crippen LogP contribution in [0.2, 0.25) is 0 Å². The van der Waals surface area contributed by atoms with Crippen LogP contribution in [0.1, 0.15) is 24.5 Å². The Bertz CT molecular complexity index is 298. The number of halogens is 1. The van der Waals surface area contributed by atoms with Crippen molar-refractivity contribution >= 4 is 5.78 Å². The largest absolute Gasteiger partial charge is 0.299 e. The maximum absolute atomic E-state index is 12.9. The van der Waals surface area contributed by atoms with Crippen LogP contribution in [0.5, 0.6) is 0 Å². The monoisotopic (exact) mass is 180 g/mol. The average Bonchev–Trinajstić information content (AvgIpc) is 2.02. The molecule has 0 aliphatic heterocycles. The van der Waals surface area contributed by atoms with E-state index in [-0.39, 0.29) is 11.6 Å². The third kappa shape index (κ3) is 2.98. The van der Waals surface area contributed by atoms with Gasteiger partial charge in [-0.1, -0.05) is 13.0 Å². The van der Waals surface area contributed by atoms with Crippen molar-refractivity contribution < 1.29 is 9.18 Å². The normalized spacial score (nSPS) is 10.1. The molecule has 0 amide bonds. The lowest BCUT2D eigenvalue weighted by Crippen LogP contribution is -2.00. The van der Waals surface area contributed by atoms with Crippen LogP contribution in [0.4, 0.5) is 4.39 Å². The molecule has 0 spiro atoms. The van der Waals surface area contributed by atoms with Gasteiger partial charge in [0.05, 0.1) is 0 Å². The van der Waals surface area contributed by atoms with Crippen molar-refractivity contribution in [2.45, 2.75) is 26.7 Å². The summed E-state index contributed by atoms with van der Waals surface area (Å²) in [5.41, 5.74) is 1.63. The van der Waals surface area contributed by atoms with Crippen molar-refractivity contribution in [3.05, 3.63) is 35.1 Å². The van der Waals surface area contributed by atoms with Gasteiger partial charge in [-0.3, -0.25) is 4.79 Å². The molecule has 13 heavy (non-hydrogen) atoms. The van der Waals surface area contributed by atoms with E-state index in [1.165, 1.54) is 12.1 Å². The zero-order valence-corrected chi connectivity index (χ0v) is 7.93. The van der Waals surface area contributed by atoms with Crippen LogP contribution in [0.3, 0.4) is 0 Å². The summed E-state index contributed by atoms with van der Waals surface area (Å²) in [6, 6.07) is 4.72. The molecule has 0 fully saturated rings. The molecule has 0 saturated heterocycles. The Morgan fingerprint density at radius 1 is 1.38 bits per heavy atom. The second kappa shape index (κ2) is 4.17. The highest BCUT2D eigenvalue weighted by atomic mass is 19.1. The highest BCUT2D eigenvalue weighted by Crippen LogP contribution is 2.09. The molecule has 1 aromatic carbocycles. The van der Waals surface area contributed by atoms with Crippen LogP contribution >= 0.6 is 0 Å². The van der Waals surface area contributed by atoms with Gasteiger partial charge in [0.15, 0.2) is 0 Å². The fourth-order valence-corrected chi connectivity index (χ4v) is 1.27. The number of Topliss-reactive ketones (excluding diaryl/α,β-unsaturated/α-hetero) is 1. The van der Waals surface area contributed by atoms with Gasteiger partial charge in [-0.15, -0.1) is 0 Å². The van der Waals surface area contributed by atoms with Crippen LogP contribution in [0.15, 0.2) is 18.2 Å². The molecule has 0 bridgehead atoms. The van der Waals surface area contributed by atoms with Gasteiger partial charge in [0.1, 0.15) is 11.6 Å². The first kappa shape index (κ1) is 9.90.